The maximum Gasteiger partial charge on any atom is 0.169 e. The first-order valence-electron chi connectivity index (χ1n) is 7.41. The Bertz CT molecular complexity index is 715. The summed E-state index contributed by atoms with van der Waals surface area (Å²) in [4.78, 5) is 8.49. The maximum atomic E-state index is 4.73. The second kappa shape index (κ2) is 4.92. The number of fused-ring (bicyclic) bond motifs is 3. The van der Waals surface area contributed by atoms with E-state index in [1.165, 1.54) is 27.3 Å². The summed E-state index contributed by atoms with van der Waals surface area (Å²) in [5.41, 5.74) is 5.41. The summed E-state index contributed by atoms with van der Waals surface area (Å²) >= 11 is 1.80. The van der Waals surface area contributed by atoms with Gasteiger partial charge in [0.2, 0.25) is 0 Å². The normalized spacial score (nSPS) is 20.0. The minimum absolute atomic E-state index is 0.409. The molecule has 0 spiro atoms. The van der Waals surface area contributed by atoms with Crippen LogP contribution in [0.1, 0.15) is 29.2 Å². The van der Waals surface area contributed by atoms with Crippen molar-refractivity contribution in [1.29, 1.82) is 0 Å². The number of rotatable bonds is 1. The van der Waals surface area contributed by atoms with Crippen LogP contribution in [0, 0.1) is 13.8 Å². The summed E-state index contributed by atoms with van der Waals surface area (Å²) in [7, 11) is 0. The van der Waals surface area contributed by atoms with E-state index < -0.39 is 0 Å². The van der Waals surface area contributed by atoms with Gasteiger partial charge >= 0.3 is 0 Å². The van der Waals surface area contributed by atoms with Gasteiger partial charge in [-0.05, 0) is 49.7 Å². The first-order valence-corrected chi connectivity index (χ1v) is 8.23. The lowest BCUT2D eigenvalue weighted by molar-refractivity contribution is 0.630. The van der Waals surface area contributed by atoms with Crippen LogP contribution in [0.15, 0.2) is 52.4 Å². The molecule has 0 aliphatic carbocycles. The summed E-state index contributed by atoms with van der Waals surface area (Å²) < 4.78 is 0. The highest BCUT2D eigenvalue weighted by Crippen LogP contribution is 2.47. The fraction of sp³-hybridized carbons (Fsp3) is 0.278. The molecule has 21 heavy (non-hydrogen) atoms. The molecule has 0 N–H and O–H groups in total. The number of hydrogen-bond donors (Lipinski definition) is 0. The van der Waals surface area contributed by atoms with Crippen LogP contribution in [0.25, 0.3) is 0 Å². The Balaban J connectivity index is 1.82. The van der Waals surface area contributed by atoms with Crippen LogP contribution in [0.3, 0.4) is 0 Å². The van der Waals surface area contributed by atoms with E-state index in [0.717, 1.165) is 18.1 Å². The Kier molecular flexibility index (Phi) is 3.03. The summed E-state index contributed by atoms with van der Waals surface area (Å²) in [5.74, 6) is 0. The Hall–Kier alpha value is -1.74. The van der Waals surface area contributed by atoms with Crippen LogP contribution in [0.4, 0.5) is 5.69 Å². The van der Waals surface area contributed by atoms with Crippen molar-refractivity contribution in [1.82, 2.24) is 0 Å². The summed E-state index contributed by atoms with van der Waals surface area (Å²) in [6, 6.07) is 15.9. The molecule has 1 atom stereocenters. The number of hydrogen-bond acceptors (Lipinski definition) is 3. The van der Waals surface area contributed by atoms with Crippen molar-refractivity contribution in [2.24, 2.45) is 4.99 Å². The number of para-hydroxylation sites is 1. The van der Waals surface area contributed by atoms with E-state index in [9.17, 15) is 0 Å². The molecule has 2 heterocycles. The van der Waals surface area contributed by atoms with E-state index in [-0.39, 0.29) is 0 Å². The van der Waals surface area contributed by atoms with Crippen LogP contribution >= 0.6 is 11.8 Å². The van der Waals surface area contributed by atoms with Crippen molar-refractivity contribution < 1.29 is 0 Å². The molecule has 0 saturated carbocycles. The van der Waals surface area contributed by atoms with Crippen molar-refractivity contribution in [3.05, 3.63) is 59.2 Å². The van der Waals surface area contributed by atoms with Crippen molar-refractivity contribution in [2.45, 2.75) is 31.2 Å². The van der Waals surface area contributed by atoms with Crippen LogP contribution in [0.2, 0.25) is 0 Å². The molecule has 0 amide bonds. The second-order valence-corrected chi connectivity index (χ2v) is 6.84. The van der Waals surface area contributed by atoms with Gasteiger partial charge in [0.1, 0.15) is 0 Å². The number of aliphatic imine (C=N–C) groups is 1. The molecule has 0 aromatic heterocycles. The fourth-order valence-electron chi connectivity index (χ4n) is 3.33. The van der Waals surface area contributed by atoms with Gasteiger partial charge in [-0.15, -0.1) is 0 Å². The molecule has 0 fully saturated rings. The number of benzene rings is 2. The molecule has 2 aliphatic rings. The van der Waals surface area contributed by atoms with Gasteiger partial charge < -0.3 is 4.90 Å². The monoisotopic (exact) mass is 294 g/mol. The highest BCUT2D eigenvalue weighted by Gasteiger charge is 2.35. The van der Waals surface area contributed by atoms with Gasteiger partial charge in [0.15, 0.2) is 5.17 Å². The SMILES string of the molecule is Cc1cc(C)cc([C@@H]2CCN=C3Sc4ccccc4N32)c1. The lowest BCUT2D eigenvalue weighted by Gasteiger charge is -2.33. The smallest absolute Gasteiger partial charge is 0.169 e. The molecular weight excluding hydrogens is 276 g/mol. The first kappa shape index (κ1) is 13.0. The molecule has 4 rings (SSSR count). The van der Waals surface area contributed by atoms with E-state index in [4.69, 9.17) is 4.99 Å². The Morgan fingerprint density at radius 1 is 1.10 bits per heavy atom. The number of thioether (sulfide) groups is 1. The molecule has 2 aliphatic heterocycles. The number of amidine groups is 1. The van der Waals surface area contributed by atoms with Gasteiger partial charge in [0.05, 0.1) is 11.7 Å². The number of anilines is 1. The van der Waals surface area contributed by atoms with Crippen molar-refractivity contribution in [3.8, 4) is 0 Å². The molecule has 0 saturated heterocycles. The van der Waals surface area contributed by atoms with Gasteiger partial charge in [0.25, 0.3) is 0 Å². The zero-order valence-corrected chi connectivity index (χ0v) is 13.2. The topological polar surface area (TPSA) is 15.6 Å². The maximum absolute atomic E-state index is 4.73. The zero-order valence-electron chi connectivity index (χ0n) is 12.3. The number of nitrogens with zero attached hydrogens (tertiary/aromatic N) is 2. The third-order valence-corrected chi connectivity index (χ3v) is 5.20. The standard InChI is InChI=1S/C18H18N2S/c1-12-9-13(2)11-14(10-12)15-7-8-19-18-20(15)16-5-3-4-6-17(16)21-18/h3-6,9-11,15H,7-8H2,1-2H3/t15-/m0/s1. The average molecular weight is 294 g/mol. The van der Waals surface area contributed by atoms with E-state index >= 15 is 0 Å². The molecule has 106 valence electrons. The van der Waals surface area contributed by atoms with Crippen LogP contribution in [-0.2, 0) is 0 Å². The van der Waals surface area contributed by atoms with Crippen molar-refractivity contribution in [3.63, 3.8) is 0 Å². The predicted molar refractivity (Wildman–Crippen MR) is 90.4 cm³/mol. The minimum Gasteiger partial charge on any atom is -0.312 e. The molecule has 3 heteroatoms. The zero-order chi connectivity index (χ0) is 14.4. The quantitative estimate of drug-likeness (QED) is 0.756. The minimum atomic E-state index is 0.409. The van der Waals surface area contributed by atoms with E-state index in [1.807, 2.05) is 0 Å². The van der Waals surface area contributed by atoms with Crippen LogP contribution in [-0.4, -0.2) is 11.7 Å². The third-order valence-electron chi connectivity index (χ3n) is 4.12. The third kappa shape index (κ3) is 2.16. The lowest BCUT2D eigenvalue weighted by Crippen LogP contribution is -2.34. The number of aryl methyl sites for hydroxylation is 2. The van der Waals surface area contributed by atoms with Crippen LogP contribution in [0.5, 0.6) is 0 Å². The Labute approximate surface area is 129 Å². The molecule has 0 unspecified atom stereocenters. The molecular formula is C18H18N2S. The Morgan fingerprint density at radius 3 is 2.67 bits per heavy atom. The van der Waals surface area contributed by atoms with E-state index in [0.29, 0.717) is 6.04 Å². The highest BCUT2D eigenvalue weighted by atomic mass is 32.2. The first-order chi connectivity index (χ1) is 10.2. The predicted octanol–water partition coefficient (Wildman–Crippen LogP) is 4.72. The molecule has 2 aromatic rings. The van der Waals surface area contributed by atoms with E-state index in [1.54, 1.807) is 11.8 Å². The lowest BCUT2D eigenvalue weighted by atomic mass is 9.97. The van der Waals surface area contributed by atoms with Gasteiger partial charge in [-0.25, -0.2) is 0 Å². The summed E-state index contributed by atoms with van der Waals surface area (Å²) in [6.07, 6.45) is 1.08. The second-order valence-electron chi connectivity index (χ2n) is 5.83. The van der Waals surface area contributed by atoms with E-state index in [2.05, 4.69) is 61.2 Å². The van der Waals surface area contributed by atoms with Crippen molar-refractivity contribution >= 4 is 22.6 Å². The van der Waals surface area contributed by atoms with Gasteiger partial charge in [-0.2, -0.15) is 0 Å². The molecule has 2 nitrogen and oxygen atoms in total. The van der Waals surface area contributed by atoms with Gasteiger partial charge in [0, 0.05) is 11.4 Å². The summed E-state index contributed by atoms with van der Waals surface area (Å²) in [6.45, 7) is 5.28. The highest BCUT2D eigenvalue weighted by molar-refractivity contribution is 8.14. The summed E-state index contributed by atoms with van der Waals surface area (Å²) in [5, 5.41) is 1.16. The van der Waals surface area contributed by atoms with Crippen molar-refractivity contribution in [2.75, 3.05) is 11.4 Å². The fourth-order valence-corrected chi connectivity index (χ4v) is 4.43. The van der Waals surface area contributed by atoms with Gasteiger partial charge in [-0.3, -0.25) is 4.99 Å². The largest absolute Gasteiger partial charge is 0.312 e. The average Bonchev–Trinajstić information content (AvgIpc) is 2.84. The molecule has 0 radical (unpaired) electrons. The van der Waals surface area contributed by atoms with Gasteiger partial charge in [-0.1, -0.05) is 41.5 Å². The molecule has 0 bridgehead atoms. The molecule has 2 aromatic carbocycles. The Morgan fingerprint density at radius 2 is 1.86 bits per heavy atom. The van der Waals surface area contributed by atoms with Crippen LogP contribution < -0.4 is 4.90 Å².